The first-order valence-electron chi connectivity index (χ1n) is 3.95. The number of hydrogen-bond acceptors (Lipinski definition) is 2. The third-order valence-electron chi connectivity index (χ3n) is 1.95. The zero-order valence-corrected chi connectivity index (χ0v) is 9.34. The maximum atomic E-state index is 11.4. The number of nitrogens with zero attached hydrogens (tertiary/aromatic N) is 1. The van der Waals surface area contributed by atoms with Crippen LogP contribution < -0.4 is 4.87 Å². The van der Waals surface area contributed by atoms with Gasteiger partial charge >= 0.3 is 4.87 Å². The Morgan fingerprint density at radius 3 is 2.62 bits per heavy atom. The number of alkyl halides is 1. The monoisotopic (exact) mass is 217 g/mol. The maximum absolute atomic E-state index is 11.4. The molecule has 0 saturated carbocycles. The van der Waals surface area contributed by atoms with Crippen molar-refractivity contribution in [1.29, 1.82) is 0 Å². The molecule has 4 heteroatoms. The Morgan fingerprint density at radius 1 is 1.62 bits per heavy atom. The lowest BCUT2D eigenvalue weighted by Crippen LogP contribution is -2.16. The molecule has 0 radical (unpaired) electrons. The molecule has 0 N–H and O–H groups in total. The van der Waals surface area contributed by atoms with E-state index in [2.05, 4.69) is 6.58 Å². The van der Waals surface area contributed by atoms with E-state index >= 15 is 0 Å². The van der Waals surface area contributed by atoms with Crippen LogP contribution in [0.3, 0.4) is 0 Å². The van der Waals surface area contributed by atoms with Crippen molar-refractivity contribution in [3.05, 3.63) is 32.4 Å². The predicted octanol–water partition coefficient (Wildman–Crippen LogP) is 2.32. The van der Waals surface area contributed by atoms with Gasteiger partial charge in [-0.15, -0.1) is 11.6 Å². The van der Waals surface area contributed by atoms with E-state index < -0.39 is 0 Å². The number of thiazole rings is 1. The molecule has 0 bridgehead atoms. The largest absolute Gasteiger partial charge is 0.307 e. The number of aryl methyl sites for hydroxylation is 1. The minimum atomic E-state index is 0.0706. The molecule has 1 aromatic rings. The summed E-state index contributed by atoms with van der Waals surface area (Å²) >= 11 is 6.87. The highest BCUT2D eigenvalue weighted by atomic mass is 35.5. The summed E-state index contributed by atoms with van der Waals surface area (Å²) in [7, 11) is 0. The molecular weight excluding hydrogens is 206 g/mol. The van der Waals surface area contributed by atoms with Crippen molar-refractivity contribution in [2.24, 2.45) is 0 Å². The minimum absolute atomic E-state index is 0.0706. The second kappa shape index (κ2) is 4.11. The zero-order valence-electron chi connectivity index (χ0n) is 7.76. The first-order valence-corrected chi connectivity index (χ1v) is 5.30. The average molecular weight is 218 g/mol. The van der Waals surface area contributed by atoms with Gasteiger partial charge in [0.05, 0.1) is 0 Å². The van der Waals surface area contributed by atoms with E-state index in [1.54, 1.807) is 4.57 Å². The van der Waals surface area contributed by atoms with Crippen LogP contribution in [0, 0.1) is 13.8 Å². The van der Waals surface area contributed by atoms with E-state index in [1.807, 2.05) is 13.8 Å². The number of rotatable bonds is 3. The van der Waals surface area contributed by atoms with Crippen molar-refractivity contribution in [3.8, 4) is 0 Å². The SMILES string of the molecule is C=C(CCl)Cn1c(C)c(C)sc1=O. The topological polar surface area (TPSA) is 22.0 Å². The fraction of sp³-hybridized carbons (Fsp3) is 0.444. The second-order valence-electron chi connectivity index (χ2n) is 2.98. The molecule has 0 saturated heterocycles. The van der Waals surface area contributed by atoms with Crippen LogP contribution in [-0.2, 0) is 6.54 Å². The van der Waals surface area contributed by atoms with Gasteiger partial charge in [-0.05, 0) is 19.4 Å². The summed E-state index contributed by atoms with van der Waals surface area (Å²) in [4.78, 5) is 12.5. The Morgan fingerprint density at radius 2 is 2.23 bits per heavy atom. The number of hydrogen-bond donors (Lipinski definition) is 0. The molecule has 0 aliphatic carbocycles. The fourth-order valence-electron chi connectivity index (χ4n) is 1.04. The van der Waals surface area contributed by atoms with Crippen LogP contribution in [0.5, 0.6) is 0 Å². The van der Waals surface area contributed by atoms with Gasteiger partial charge in [0.25, 0.3) is 0 Å². The lowest BCUT2D eigenvalue weighted by atomic mass is 10.3. The summed E-state index contributed by atoms with van der Waals surface area (Å²) in [5.74, 6) is 0.404. The molecule has 1 heterocycles. The van der Waals surface area contributed by atoms with Crippen LogP contribution >= 0.6 is 22.9 Å². The highest BCUT2D eigenvalue weighted by molar-refractivity contribution is 7.09. The van der Waals surface area contributed by atoms with Crippen molar-refractivity contribution in [3.63, 3.8) is 0 Å². The van der Waals surface area contributed by atoms with E-state index in [0.29, 0.717) is 12.4 Å². The van der Waals surface area contributed by atoms with E-state index in [-0.39, 0.29) is 4.87 Å². The molecule has 0 aliphatic heterocycles. The molecule has 0 amide bonds. The third kappa shape index (κ3) is 2.23. The molecule has 0 aromatic carbocycles. The fourth-order valence-corrected chi connectivity index (χ4v) is 1.95. The Hall–Kier alpha value is -0.540. The number of aromatic nitrogens is 1. The first-order chi connectivity index (χ1) is 6.06. The summed E-state index contributed by atoms with van der Waals surface area (Å²) in [5, 5.41) is 0. The smallest absolute Gasteiger partial charge is 0.299 e. The van der Waals surface area contributed by atoms with Crippen molar-refractivity contribution in [1.82, 2.24) is 4.57 Å². The number of halogens is 1. The van der Waals surface area contributed by atoms with E-state index in [1.165, 1.54) is 11.3 Å². The van der Waals surface area contributed by atoms with Crippen LogP contribution in [0.2, 0.25) is 0 Å². The lowest BCUT2D eigenvalue weighted by molar-refractivity contribution is 0.742. The van der Waals surface area contributed by atoms with Gasteiger partial charge in [0.2, 0.25) is 0 Å². The van der Waals surface area contributed by atoms with E-state index in [9.17, 15) is 4.79 Å². The van der Waals surface area contributed by atoms with Crippen LogP contribution in [0.1, 0.15) is 10.6 Å². The minimum Gasteiger partial charge on any atom is -0.299 e. The zero-order chi connectivity index (χ0) is 10.0. The standard InChI is InChI=1S/C9H12ClNOS/c1-6(4-10)5-11-7(2)8(3)13-9(11)12/h1,4-5H2,2-3H3. The van der Waals surface area contributed by atoms with Gasteiger partial charge in [-0.2, -0.15) is 0 Å². The molecule has 0 aliphatic rings. The average Bonchev–Trinajstić information content (AvgIpc) is 2.32. The molecule has 0 spiro atoms. The molecule has 1 rings (SSSR count). The van der Waals surface area contributed by atoms with Gasteiger partial charge in [0.1, 0.15) is 0 Å². The lowest BCUT2D eigenvalue weighted by Gasteiger charge is -2.04. The van der Waals surface area contributed by atoms with Crippen LogP contribution in [0.25, 0.3) is 0 Å². The quantitative estimate of drug-likeness (QED) is 0.563. The van der Waals surface area contributed by atoms with Gasteiger partial charge in [-0.25, -0.2) is 0 Å². The molecule has 0 unspecified atom stereocenters. The summed E-state index contributed by atoms with van der Waals surface area (Å²) < 4.78 is 1.71. The molecule has 0 atom stereocenters. The number of allylic oxidation sites excluding steroid dienone is 1. The molecular formula is C9H12ClNOS. The summed E-state index contributed by atoms with van der Waals surface area (Å²) in [6.07, 6.45) is 0. The van der Waals surface area contributed by atoms with Gasteiger partial charge in [-0.3, -0.25) is 9.36 Å². The normalized spacial score (nSPS) is 10.4. The second-order valence-corrected chi connectivity index (χ2v) is 4.41. The predicted molar refractivity (Wildman–Crippen MR) is 57.9 cm³/mol. The Balaban J connectivity index is 3.01. The van der Waals surface area contributed by atoms with Crippen molar-refractivity contribution >= 4 is 22.9 Å². The molecule has 1 aromatic heterocycles. The van der Waals surface area contributed by atoms with E-state index in [4.69, 9.17) is 11.6 Å². The van der Waals surface area contributed by atoms with Crippen molar-refractivity contribution < 1.29 is 0 Å². The summed E-state index contributed by atoms with van der Waals surface area (Å²) in [6, 6.07) is 0. The van der Waals surface area contributed by atoms with Crippen LogP contribution in [-0.4, -0.2) is 10.4 Å². The van der Waals surface area contributed by atoms with E-state index in [0.717, 1.165) is 16.1 Å². The van der Waals surface area contributed by atoms with Gasteiger partial charge < -0.3 is 0 Å². The Kier molecular flexibility index (Phi) is 3.33. The van der Waals surface area contributed by atoms with Gasteiger partial charge in [0, 0.05) is 23.0 Å². The van der Waals surface area contributed by atoms with Gasteiger partial charge in [-0.1, -0.05) is 17.9 Å². The molecule has 13 heavy (non-hydrogen) atoms. The highest BCUT2D eigenvalue weighted by Gasteiger charge is 2.07. The van der Waals surface area contributed by atoms with Gasteiger partial charge in [0.15, 0.2) is 0 Å². The Bertz CT molecular complexity index is 377. The molecule has 0 fully saturated rings. The third-order valence-corrected chi connectivity index (χ3v) is 3.32. The summed E-state index contributed by atoms with van der Waals surface area (Å²) in [5.41, 5.74) is 1.88. The van der Waals surface area contributed by atoms with Crippen LogP contribution in [0.4, 0.5) is 0 Å². The summed E-state index contributed by atoms with van der Waals surface area (Å²) in [6.45, 7) is 8.20. The molecule has 2 nitrogen and oxygen atoms in total. The Labute approximate surface area is 86.5 Å². The first kappa shape index (κ1) is 10.5. The highest BCUT2D eigenvalue weighted by Crippen LogP contribution is 2.11. The van der Waals surface area contributed by atoms with Crippen molar-refractivity contribution in [2.75, 3.05) is 5.88 Å². The maximum Gasteiger partial charge on any atom is 0.307 e. The van der Waals surface area contributed by atoms with Crippen molar-refractivity contribution in [2.45, 2.75) is 20.4 Å². The van der Waals surface area contributed by atoms with Crippen LogP contribution in [0.15, 0.2) is 16.9 Å². The molecule has 72 valence electrons.